The molecule has 0 saturated carbocycles. The number of halogens is 2. The molecule has 3 rings (SSSR count). The number of carboxylic acids is 1. The Morgan fingerprint density at radius 3 is 2.31 bits per heavy atom. The molecule has 4 N–H and O–H groups in total. The second-order valence-electron chi connectivity index (χ2n) is 7.87. The number of carboxylic acid groups (broad SMARTS) is 1. The molecule has 2 atom stereocenters. The van der Waals surface area contributed by atoms with E-state index in [1.165, 1.54) is 0 Å². The molecule has 0 radical (unpaired) electrons. The summed E-state index contributed by atoms with van der Waals surface area (Å²) in [6.07, 6.45) is 0.106. The van der Waals surface area contributed by atoms with Crippen LogP contribution in [0.2, 0.25) is 10.0 Å². The Hall–Kier alpha value is -2.26. The lowest BCUT2D eigenvalue weighted by Gasteiger charge is -2.20. The second kappa shape index (κ2) is 10.1. The minimum Gasteiger partial charge on any atom is -0.480 e. The molecule has 170 valence electrons. The lowest BCUT2D eigenvalue weighted by Crippen LogP contribution is -2.52. The molecule has 1 aliphatic rings. The number of carbonyl (C=O) groups is 3. The summed E-state index contributed by atoms with van der Waals surface area (Å²) in [5.74, 6) is -1.33. The van der Waals surface area contributed by atoms with Crippen molar-refractivity contribution in [3.63, 3.8) is 0 Å². The summed E-state index contributed by atoms with van der Waals surface area (Å²) in [7, 11) is 0. The van der Waals surface area contributed by atoms with Crippen molar-refractivity contribution in [2.75, 3.05) is 11.1 Å². The fourth-order valence-electron chi connectivity index (χ4n) is 3.28. The van der Waals surface area contributed by atoms with Crippen LogP contribution in [0.4, 0.5) is 5.69 Å². The van der Waals surface area contributed by atoms with Gasteiger partial charge in [0.05, 0.1) is 26.5 Å². The molecule has 2 amide bonds. The van der Waals surface area contributed by atoms with E-state index in [0.717, 1.165) is 0 Å². The molecule has 0 spiro atoms. The van der Waals surface area contributed by atoms with E-state index in [-0.39, 0.29) is 32.8 Å². The molecule has 1 heterocycles. The van der Waals surface area contributed by atoms with Gasteiger partial charge >= 0.3 is 5.97 Å². The normalized spacial score (nSPS) is 18.1. The van der Waals surface area contributed by atoms with E-state index in [1.807, 2.05) is 13.8 Å². The number of anilines is 1. The lowest BCUT2D eigenvalue weighted by atomic mass is 10.0. The predicted molar refractivity (Wildman–Crippen MR) is 128 cm³/mol. The highest BCUT2D eigenvalue weighted by Crippen LogP contribution is 2.29. The van der Waals surface area contributed by atoms with Crippen molar-refractivity contribution in [2.24, 2.45) is 0 Å². The average Bonchev–Trinajstić information content (AvgIpc) is 3.08. The Labute approximate surface area is 200 Å². The van der Waals surface area contributed by atoms with E-state index in [4.69, 9.17) is 23.2 Å². The molecular weight excluding hydrogens is 473 g/mol. The van der Waals surface area contributed by atoms with Crippen molar-refractivity contribution < 1.29 is 19.5 Å². The smallest absolute Gasteiger partial charge is 0.326 e. The average molecular weight is 496 g/mol. The molecule has 1 fully saturated rings. The van der Waals surface area contributed by atoms with Gasteiger partial charge in [-0.05, 0) is 43.7 Å². The van der Waals surface area contributed by atoms with Crippen LogP contribution in [-0.4, -0.2) is 45.6 Å². The van der Waals surface area contributed by atoms with Gasteiger partial charge in [0.15, 0.2) is 0 Å². The molecule has 32 heavy (non-hydrogen) atoms. The van der Waals surface area contributed by atoms with Gasteiger partial charge in [0, 0.05) is 17.9 Å². The van der Waals surface area contributed by atoms with Crippen molar-refractivity contribution in [3.8, 4) is 0 Å². The quantitative estimate of drug-likeness (QED) is 0.465. The third-order valence-corrected chi connectivity index (χ3v) is 6.87. The zero-order chi connectivity index (χ0) is 23.5. The van der Waals surface area contributed by atoms with E-state index in [0.29, 0.717) is 17.0 Å². The summed E-state index contributed by atoms with van der Waals surface area (Å²) in [6, 6.07) is 9.98. The van der Waals surface area contributed by atoms with Crippen LogP contribution in [0.15, 0.2) is 42.5 Å². The number of thioether (sulfide) groups is 1. The third-order valence-electron chi connectivity index (χ3n) is 4.91. The maximum atomic E-state index is 12.5. The first-order valence-electron chi connectivity index (χ1n) is 9.85. The van der Waals surface area contributed by atoms with Crippen molar-refractivity contribution in [1.29, 1.82) is 0 Å². The monoisotopic (exact) mass is 495 g/mol. The second-order valence-corrected chi connectivity index (χ2v) is 10.3. The van der Waals surface area contributed by atoms with Gasteiger partial charge < -0.3 is 15.7 Å². The Kier molecular flexibility index (Phi) is 7.71. The number of benzene rings is 2. The molecule has 7 nitrogen and oxygen atoms in total. The standard InChI is InChI=1S/C22H23Cl2N3O4S/c1-22(2)27-17(11-32-22)19(28)26-16(21(30)31)10-12-6-8-13(9-7-12)25-20(29)18-14(23)4-3-5-15(18)24/h3-9,16-17,27H,10-11H2,1-2H3,(H,25,29)(H,26,28)(H,30,31)/t16-,17-/m0/s1. The molecular formula is C22H23Cl2N3O4S. The Morgan fingerprint density at radius 2 is 1.78 bits per heavy atom. The first-order valence-corrected chi connectivity index (χ1v) is 11.6. The zero-order valence-corrected chi connectivity index (χ0v) is 19.8. The number of rotatable bonds is 7. The van der Waals surface area contributed by atoms with Crippen LogP contribution in [0.1, 0.15) is 29.8 Å². The molecule has 1 aliphatic heterocycles. The fraction of sp³-hybridized carbons (Fsp3) is 0.318. The number of hydrogen-bond acceptors (Lipinski definition) is 5. The van der Waals surface area contributed by atoms with Crippen LogP contribution < -0.4 is 16.0 Å². The van der Waals surface area contributed by atoms with Gasteiger partial charge in [-0.25, -0.2) is 4.79 Å². The summed E-state index contributed by atoms with van der Waals surface area (Å²) >= 11 is 13.7. The molecule has 0 aliphatic carbocycles. The van der Waals surface area contributed by atoms with Crippen molar-refractivity contribution >= 4 is 58.4 Å². The Balaban J connectivity index is 1.62. The van der Waals surface area contributed by atoms with Crippen molar-refractivity contribution in [2.45, 2.75) is 37.2 Å². The minimum atomic E-state index is -1.12. The summed E-state index contributed by atoms with van der Waals surface area (Å²) in [6.45, 7) is 3.94. The summed E-state index contributed by atoms with van der Waals surface area (Å²) in [5, 5.41) is 18.6. The van der Waals surface area contributed by atoms with Crippen molar-refractivity contribution in [3.05, 3.63) is 63.6 Å². The highest BCUT2D eigenvalue weighted by molar-refractivity contribution is 8.00. The van der Waals surface area contributed by atoms with Crippen LogP contribution in [-0.2, 0) is 16.0 Å². The SMILES string of the molecule is CC1(C)N[C@H](C(=O)N[C@@H](Cc2ccc(NC(=O)c3c(Cl)cccc3Cl)cc2)C(=O)O)CS1. The third kappa shape index (κ3) is 6.16. The van der Waals surface area contributed by atoms with E-state index in [1.54, 1.807) is 54.2 Å². The predicted octanol–water partition coefficient (Wildman–Crippen LogP) is 3.80. The molecule has 2 aromatic carbocycles. The number of aliphatic carboxylic acids is 1. The van der Waals surface area contributed by atoms with Gasteiger partial charge in [-0.3, -0.25) is 14.9 Å². The van der Waals surface area contributed by atoms with Gasteiger partial charge in [-0.15, -0.1) is 11.8 Å². The Morgan fingerprint density at radius 1 is 1.16 bits per heavy atom. The number of carbonyl (C=O) groups excluding carboxylic acids is 2. The van der Waals surface area contributed by atoms with Crippen LogP contribution in [0, 0.1) is 0 Å². The van der Waals surface area contributed by atoms with Crippen LogP contribution >= 0.6 is 35.0 Å². The minimum absolute atomic E-state index is 0.106. The first-order chi connectivity index (χ1) is 15.1. The maximum absolute atomic E-state index is 12.5. The summed E-state index contributed by atoms with van der Waals surface area (Å²) in [4.78, 5) is 36.4. The highest BCUT2D eigenvalue weighted by atomic mass is 35.5. The van der Waals surface area contributed by atoms with Gasteiger partial charge in [-0.1, -0.05) is 41.4 Å². The number of amides is 2. The van der Waals surface area contributed by atoms with Crippen LogP contribution in [0.3, 0.4) is 0 Å². The van der Waals surface area contributed by atoms with E-state index >= 15 is 0 Å². The van der Waals surface area contributed by atoms with Crippen LogP contribution in [0.5, 0.6) is 0 Å². The van der Waals surface area contributed by atoms with Gasteiger partial charge in [0.2, 0.25) is 5.91 Å². The number of nitrogens with one attached hydrogen (secondary N) is 3. The largest absolute Gasteiger partial charge is 0.480 e. The van der Waals surface area contributed by atoms with Crippen molar-refractivity contribution in [1.82, 2.24) is 10.6 Å². The van der Waals surface area contributed by atoms with Gasteiger partial charge in [0.1, 0.15) is 6.04 Å². The zero-order valence-electron chi connectivity index (χ0n) is 17.4. The molecule has 10 heteroatoms. The first kappa shape index (κ1) is 24.4. The Bertz CT molecular complexity index is 1010. The number of hydrogen-bond donors (Lipinski definition) is 4. The molecule has 0 bridgehead atoms. The molecule has 0 unspecified atom stereocenters. The molecule has 1 saturated heterocycles. The maximum Gasteiger partial charge on any atom is 0.326 e. The fourth-order valence-corrected chi connectivity index (χ4v) is 4.89. The van der Waals surface area contributed by atoms with Crippen LogP contribution in [0.25, 0.3) is 0 Å². The topological polar surface area (TPSA) is 108 Å². The molecule has 0 aromatic heterocycles. The molecule has 2 aromatic rings. The van der Waals surface area contributed by atoms with E-state index in [9.17, 15) is 19.5 Å². The van der Waals surface area contributed by atoms with Gasteiger partial charge in [0.25, 0.3) is 5.91 Å². The van der Waals surface area contributed by atoms with E-state index in [2.05, 4.69) is 16.0 Å². The highest BCUT2D eigenvalue weighted by Gasteiger charge is 2.36. The van der Waals surface area contributed by atoms with E-state index < -0.39 is 24.0 Å². The summed E-state index contributed by atoms with van der Waals surface area (Å²) in [5.41, 5.74) is 1.37. The lowest BCUT2D eigenvalue weighted by molar-refractivity contribution is -0.142. The van der Waals surface area contributed by atoms with Gasteiger partial charge in [-0.2, -0.15) is 0 Å². The summed E-state index contributed by atoms with van der Waals surface area (Å²) < 4.78 is 0.